The Morgan fingerprint density at radius 1 is 0.982 bits per heavy atom. The fourth-order valence-corrected chi connectivity index (χ4v) is 9.40. The monoisotopic (exact) mass is 784 g/mol. The average Bonchev–Trinajstić information content (AvgIpc) is 3.46. The molecule has 3 aromatic rings. The predicted molar refractivity (Wildman–Crippen MR) is 194 cm³/mol. The highest BCUT2D eigenvalue weighted by atomic mass is 32.2. The highest BCUT2D eigenvalue weighted by Gasteiger charge is 2.40. The second kappa shape index (κ2) is 16.1. The molecule has 0 spiro atoms. The van der Waals surface area contributed by atoms with E-state index >= 15 is 4.39 Å². The van der Waals surface area contributed by atoms with E-state index in [1.54, 1.807) is 24.3 Å². The first kappa shape index (κ1) is 38.5. The summed E-state index contributed by atoms with van der Waals surface area (Å²) in [6.07, 6.45) is 4.41. The quantitative estimate of drug-likeness (QED) is 0.260. The lowest BCUT2D eigenvalue weighted by atomic mass is 10.0. The number of rotatable bonds is 12. The minimum absolute atomic E-state index is 0.0849. The van der Waals surface area contributed by atoms with Gasteiger partial charge in [0.2, 0.25) is 27.8 Å². The first-order valence-corrected chi connectivity index (χ1v) is 19.8. The highest BCUT2D eigenvalue weighted by molar-refractivity contribution is 7.89. The van der Waals surface area contributed by atoms with Crippen LogP contribution in [0.25, 0.3) is 0 Å². The summed E-state index contributed by atoms with van der Waals surface area (Å²) >= 11 is 0. The Morgan fingerprint density at radius 2 is 1.71 bits per heavy atom. The Balaban J connectivity index is 0.884. The topological polar surface area (TPSA) is 157 Å². The van der Waals surface area contributed by atoms with Gasteiger partial charge in [-0.05, 0) is 67.0 Å². The Morgan fingerprint density at radius 3 is 2.40 bits per heavy atom. The number of carbonyl (C=O) groups is 3. The van der Waals surface area contributed by atoms with Gasteiger partial charge in [-0.2, -0.15) is 13.1 Å². The minimum atomic E-state index is -3.73. The first-order valence-electron chi connectivity index (χ1n) is 18.4. The number of nitrogens with zero attached hydrogens (tertiary/aromatic N) is 6. The van der Waals surface area contributed by atoms with Crippen molar-refractivity contribution in [3.63, 3.8) is 0 Å². The Bertz CT molecular complexity index is 2030. The molecule has 2 N–H and O–H groups in total. The molecule has 14 nitrogen and oxygen atoms in total. The van der Waals surface area contributed by atoms with Crippen molar-refractivity contribution in [2.24, 2.45) is 5.92 Å². The number of ether oxygens (including phenoxy) is 1. The smallest absolute Gasteiger partial charge is 0.387 e. The van der Waals surface area contributed by atoms with E-state index in [1.807, 2.05) is 11.0 Å². The summed E-state index contributed by atoms with van der Waals surface area (Å²) < 4.78 is 73.2. The molecule has 2 atom stereocenters. The van der Waals surface area contributed by atoms with E-state index in [1.165, 1.54) is 15.3 Å². The number of fused-ring (bicyclic) bond motifs is 1. The number of hydrogen-bond acceptors (Lipinski definition) is 11. The van der Waals surface area contributed by atoms with Crippen LogP contribution < -0.4 is 20.3 Å². The van der Waals surface area contributed by atoms with Crippen LogP contribution in [0.2, 0.25) is 0 Å². The first-order chi connectivity index (χ1) is 26.3. The average molecular weight is 785 g/mol. The Labute approximate surface area is 317 Å². The molecule has 5 heterocycles. The molecule has 0 aliphatic carbocycles. The van der Waals surface area contributed by atoms with Gasteiger partial charge in [0, 0.05) is 70.4 Å². The maximum Gasteiger partial charge on any atom is 0.387 e. The lowest BCUT2D eigenvalue weighted by Gasteiger charge is -2.37. The van der Waals surface area contributed by atoms with Crippen LogP contribution in [0.3, 0.4) is 0 Å². The molecule has 4 aliphatic heterocycles. The van der Waals surface area contributed by atoms with Gasteiger partial charge in [-0.3, -0.25) is 24.6 Å². The van der Waals surface area contributed by atoms with Gasteiger partial charge in [-0.15, -0.1) is 0 Å². The minimum Gasteiger partial charge on any atom is -0.432 e. The van der Waals surface area contributed by atoms with Crippen molar-refractivity contribution in [1.29, 1.82) is 0 Å². The maximum atomic E-state index is 15.4. The zero-order valence-electron chi connectivity index (χ0n) is 30.3. The molecule has 3 saturated heterocycles. The molecule has 1 aromatic heterocycles. The van der Waals surface area contributed by atoms with E-state index < -0.39 is 40.3 Å². The lowest BCUT2D eigenvalue weighted by molar-refractivity contribution is -0.136. The maximum absolute atomic E-state index is 15.4. The van der Waals surface area contributed by atoms with Gasteiger partial charge in [0.1, 0.15) is 11.9 Å². The van der Waals surface area contributed by atoms with Crippen LogP contribution in [0.15, 0.2) is 53.7 Å². The zero-order chi connectivity index (χ0) is 38.9. The van der Waals surface area contributed by atoms with E-state index in [2.05, 4.69) is 37.2 Å². The Kier molecular flexibility index (Phi) is 11.3. The third-order valence-electron chi connectivity index (χ3n) is 10.6. The summed E-state index contributed by atoms with van der Waals surface area (Å²) in [5.74, 6) is -1.45. The van der Waals surface area contributed by atoms with Crippen LogP contribution in [0, 0.1) is 11.7 Å². The van der Waals surface area contributed by atoms with Crippen LogP contribution in [0.1, 0.15) is 54.1 Å². The van der Waals surface area contributed by atoms with Crippen molar-refractivity contribution in [1.82, 2.24) is 29.4 Å². The van der Waals surface area contributed by atoms with Gasteiger partial charge in [0.05, 0.1) is 23.0 Å². The molecule has 7 rings (SSSR count). The predicted octanol–water partition coefficient (Wildman–Crippen LogP) is 3.24. The second-order valence-corrected chi connectivity index (χ2v) is 16.5. The number of hydrogen-bond donors (Lipinski definition) is 2. The van der Waals surface area contributed by atoms with Crippen LogP contribution in [0.4, 0.5) is 24.8 Å². The fraction of sp³-hybridized carbons (Fsp3) is 0.486. The van der Waals surface area contributed by atoms with E-state index in [0.29, 0.717) is 69.8 Å². The summed E-state index contributed by atoms with van der Waals surface area (Å²) in [5.41, 5.74) is 2.25. The summed E-state index contributed by atoms with van der Waals surface area (Å²) in [5, 5.41) is 5.42. The lowest BCUT2D eigenvalue weighted by Crippen LogP contribution is -2.52. The van der Waals surface area contributed by atoms with Gasteiger partial charge in [-0.1, -0.05) is 19.1 Å². The highest BCUT2D eigenvalue weighted by Crippen LogP contribution is 2.33. The summed E-state index contributed by atoms with van der Waals surface area (Å²) in [6.45, 7) is 3.29. The normalized spacial score (nSPS) is 20.8. The molecule has 3 fully saturated rings. The number of halogens is 3. The number of piperazine rings is 1. The number of nitrogens with one attached hydrogen (secondary N) is 2. The largest absolute Gasteiger partial charge is 0.432 e. The second-order valence-electron chi connectivity index (χ2n) is 14.5. The molecule has 55 heavy (non-hydrogen) atoms. The summed E-state index contributed by atoms with van der Waals surface area (Å²) in [4.78, 5) is 51.0. The number of piperidine rings is 2. The summed E-state index contributed by atoms with van der Waals surface area (Å²) in [7, 11) is -3.73. The number of amides is 3. The number of sulfonamides is 1. The Hall–Kier alpha value is -4.81. The molecule has 0 bridgehead atoms. The van der Waals surface area contributed by atoms with Crippen LogP contribution >= 0.6 is 0 Å². The molecule has 294 valence electrons. The molecule has 0 radical (unpaired) electrons. The van der Waals surface area contributed by atoms with Gasteiger partial charge < -0.3 is 19.9 Å². The van der Waals surface area contributed by atoms with E-state index in [0.717, 1.165) is 24.5 Å². The van der Waals surface area contributed by atoms with Gasteiger partial charge in [0.15, 0.2) is 5.75 Å². The van der Waals surface area contributed by atoms with E-state index in [-0.39, 0.29) is 59.4 Å². The fourth-order valence-electron chi connectivity index (χ4n) is 7.86. The van der Waals surface area contributed by atoms with Crippen LogP contribution in [0.5, 0.6) is 5.75 Å². The standard InChI is InChI=1S/C37H43F3N8O6S/c1-23(15-24-3-2-4-28(16-24)55(52,53)47-9-7-26(8-10-47)43-37-41-19-27(20-42-37)54-36(39)40)21-45-11-13-46(14-12-45)32-17-25-22-48(35(51)29(25)18-30(32)38)31-5-6-33(49)44-34(31)50/h2-4,16-20,23,26,31,36H,5-15,21-22H2,1H3,(H,41,42,43)(H,44,49,50). The number of alkyl halides is 2. The van der Waals surface area contributed by atoms with Crippen molar-refractivity contribution in [2.45, 2.75) is 69.2 Å². The van der Waals surface area contributed by atoms with Crippen molar-refractivity contribution in [3.05, 3.63) is 71.3 Å². The molecule has 2 unspecified atom stereocenters. The number of aromatic nitrogens is 2. The van der Waals surface area contributed by atoms with Crippen molar-refractivity contribution < 1.29 is 40.7 Å². The van der Waals surface area contributed by atoms with Gasteiger partial charge >= 0.3 is 6.61 Å². The number of benzene rings is 2. The molecular formula is C37H43F3N8O6S. The SMILES string of the molecule is CC(Cc1cccc(S(=O)(=O)N2CCC(Nc3ncc(OC(F)F)cn3)CC2)c1)CN1CCN(c2cc3c(cc2F)C(=O)N(C2CCC(=O)NC2=O)C3)CC1. The molecule has 3 amide bonds. The number of anilines is 2. The molecular weight excluding hydrogens is 742 g/mol. The number of imide groups is 1. The molecule has 4 aliphatic rings. The zero-order valence-corrected chi connectivity index (χ0v) is 31.1. The third-order valence-corrected chi connectivity index (χ3v) is 12.5. The van der Waals surface area contributed by atoms with E-state index in [4.69, 9.17) is 0 Å². The van der Waals surface area contributed by atoms with E-state index in [9.17, 15) is 31.6 Å². The van der Waals surface area contributed by atoms with Crippen LogP contribution in [-0.4, -0.2) is 115 Å². The third kappa shape index (κ3) is 8.70. The van der Waals surface area contributed by atoms with Crippen molar-refractivity contribution >= 4 is 39.4 Å². The van der Waals surface area contributed by atoms with Gasteiger partial charge in [0.25, 0.3) is 5.91 Å². The van der Waals surface area contributed by atoms with Crippen molar-refractivity contribution in [3.8, 4) is 5.75 Å². The number of carbonyl (C=O) groups excluding carboxylic acids is 3. The van der Waals surface area contributed by atoms with Crippen molar-refractivity contribution in [2.75, 3.05) is 56.0 Å². The van der Waals surface area contributed by atoms with Gasteiger partial charge in [-0.25, -0.2) is 22.8 Å². The molecule has 2 aromatic carbocycles. The van der Waals surface area contributed by atoms with Crippen LogP contribution in [-0.2, 0) is 32.6 Å². The molecule has 0 saturated carbocycles. The summed E-state index contributed by atoms with van der Waals surface area (Å²) in [6, 6.07) is 9.19. The molecule has 18 heteroatoms.